The first-order chi connectivity index (χ1) is 8.68. The Labute approximate surface area is 110 Å². The lowest BCUT2D eigenvalue weighted by molar-refractivity contribution is -0.0114. The average molecular weight is 248 g/mol. The normalized spacial score (nSPS) is 28.2. The van der Waals surface area contributed by atoms with Crippen molar-refractivity contribution in [3.8, 4) is 0 Å². The first kappa shape index (κ1) is 13.5. The van der Waals surface area contributed by atoms with Gasteiger partial charge in [0.1, 0.15) is 0 Å². The average Bonchev–Trinajstić information content (AvgIpc) is 2.36. The van der Waals surface area contributed by atoms with Crippen LogP contribution in [0.5, 0.6) is 0 Å². The van der Waals surface area contributed by atoms with Crippen molar-refractivity contribution in [3.05, 3.63) is 30.1 Å². The molecule has 100 valence electrons. The summed E-state index contributed by atoms with van der Waals surface area (Å²) >= 11 is 0. The van der Waals surface area contributed by atoms with Gasteiger partial charge in [0.15, 0.2) is 0 Å². The molecule has 0 aromatic carbocycles. The first-order valence-corrected chi connectivity index (χ1v) is 7.00. The Balaban J connectivity index is 1.69. The number of pyridine rings is 1. The second kappa shape index (κ2) is 6.30. The largest absolute Gasteiger partial charge is 0.389 e. The molecule has 1 heterocycles. The number of hydrogen-bond acceptors (Lipinski definition) is 3. The molecule has 2 atom stereocenters. The summed E-state index contributed by atoms with van der Waals surface area (Å²) < 4.78 is 0. The topological polar surface area (TPSA) is 45.1 Å². The van der Waals surface area contributed by atoms with Crippen molar-refractivity contribution in [3.63, 3.8) is 0 Å². The number of rotatable bonds is 5. The third kappa shape index (κ3) is 4.07. The van der Waals surface area contributed by atoms with Crippen LogP contribution in [0.15, 0.2) is 24.5 Å². The fourth-order valence-corrected chi connectivity index (χ4v) is 2.89. The van der Waals surface area contributed by atoms with E-state index in [2.05, 4.69) is 23.3 Å². The summed E-state index contributed by atoms with van der Waals surface area (Å²) in [5, 5.41) is 13.9. The van der Waals surface area contributed by atoms with Crippen LogP contribution in [0.3, 0.4) is 0 Å². The quantitative estimate of drug-likeness (QED) is 0.785. The Kier molecular flexibility index (Phi) is 4.72. The minimum atomic E-state index is -0.480. The molecule has 3 heteroatoms. The third-order valence-electron chi connectivity index (χ3n) is 3.83. The molecule has 1 fully saturated rings. The van der Waals surface area contributed by atoms with Crippen molar-refractivity contribution in [1.29, 1.82) is 0 Å². The van der Waals surface area contributed by atoms with Gasteiger partial charge in [0.25, 0.3) is 0 Å². The Morgan fingerprint density at radius 3 is 3.17 bits per heavy atom. The van der Waals surface area contributed by atoms with E-state index in [4.69, 9.17) is 0 Å². The molecule has 0 amide bonds. The monoisotopic (exact) mass is 248 g/mol. The molecule has 1 saturated carbocycles. The minimum absolute atomic E-state index is 0.480. The van der Waals surface area contributed by atoms with E-state index < -0.39 is 5.60 Å². The van der Waals surface area contributed by atoms with Crippen LogP contribution in [0.25, 0.3) is 0 Å². The second-order valence-electron chi connectivity index (χ2n) is 5.71. The van der Waals surface area contributed by atoms with Crippen LogP contribution >= 0.6 is 0 Å². The zero-order valence-corrected chi connectivity index (χ0v) is 11.2. The van der Waals surface area contributed by atoms with Crippen LogP contribution in [0, 0.1) is 5.92 Å². The van der Waals surface area contributed by atoms with E-state index in [-0.39, 0.29) is 0 Å². The predicted molar refractivity (Wildman–Crippen MR) is 73.4 cm³/mol. The molecule has 1 aliphatic carbocycles. The van der Waals surface area contributed by atoms with Gasteiger partial charge in [0.05, 0.1) is 5.60 Å². The fourth-order valence-electron chi connectivity index (χ4n) is 2.89. The molecular weight excluding hydrogens is 224 g/mol. The van der Waals surface area contributed by atoms with Gasteiger partial charge in [0, 0.05) is 18.9 Å². The molecule has 0 radical (unpaired) electrons. The molecule has 0 spiro atoms. The highest BCUT2D eigenvalue weighted by Gasteiger charge is 2.31. The van der Waals surface area contributed by atoms with Crippen molar-refractivity contribution in [1.82, 2.24) is 10.3 Å². The summed E-state index contributed by atoms with van der Waals surface area (Å²) in [6.45, 7) is 3.86. The second-order valence-corrected chi connectivity index (χ2v) is 5.71. The maximum absolute atomic E-state index is 10.5. The third-order valence-corrected chi connectivity index (χ3v) is 3.83. The lowest BCUT2D eigenvalue weighted by atomic mass is 9.79. The molecule has 2 N–H and O–H groups in total. The van der Waals surface area contributed by atoms with Gasteiger partial charge in [-0.25, -0.2) is 0 Å². The van der Waals surface area contributed by atoms with Crippen molar-refractivity contribution >= 4 is 0 Å². The Bertz CT molecular complexity index is 355. The zero-order chi connectivity index (χ0) is 12.8. The lowest BCUT2D eigenvalue weighted by Gasteiger charge is -2.35. The summed E-state index contributed by atoms with van der Waals surface area (Å²) in [5.41, 5.74) is 0.765. The highest BCUT2D eigenvalue weighted by Crippen LogP contribution is 2.31. The Morgan fingerprint density at radius 1 is 1.56 bits per heavy atom. The first-order valence-electron chi connectivity index (χ1n) is 7.00. The van der Waals surface area contributed by atoms with Crippen LogP contribution in [0.2, 0.25) is 0 Å². The number of aromatic nitrogens is 1. The van der Waals surface area contributed by atoms with E-state index in [1.165, 1.54) is 12.0 Å². The van der Waals surface area contributed by atoms with Gasteiger partial charge in [-0.2, -0.15) is 0 Å². The van der Waals surface area contributed by atoms with Crippen molar-refractivity contribution in [2.45, 2.75) is 44.6 Å². The lowest BCUT2D eigenvalue weighted by Crippen LogP contribution is -2.44. The predicted octanol–water partition coefficient (Wildman–Crippen LogP) is 2.15. The maximum Gasteiger partial charge on any atom is 0.0774 e. The van der Waals surface area contributed by atoms with Crippen LogP contribution in [-0.2, 0) is 6.42 Å². The van der Waals surface area contributed by atoms with E-state index in [1.54, 1.807) is 6.20 Å². The molecule has 3 nitrogen and oxygen atoms in total. The molecule has 2 unspecified atom stereocenters. The Morgan fingerprint density at radius 2 is 2.44 bits per heavy atom. The summed E-state index contributed by atoms with van der Waals surface area (Å²) in [7, 11) is 0. The van der Waals surface area contributed by atoms with Gasteiger partial charge in [-0.05, 0) is 43.4 Å². The van der Waals surface area contributed by atoms with Gasteiger partial charge in [-0.15, -0.1) is 0 Å². The van der Waals surface area contributed by atoms with Crippen molar-refractivity contribution in [2.24, 2.45) is 5.92 Å². The standard InChI is InChI=1S/C15H24N2O/c1-13-4-2-7-15(18,10-13)12-17-9-6-14-5-3-8-16-11-14/h3,5,8,11,13,17-18H,2,4,6-7,9-10,12H2,1H3. The molecule has 1 aromatic rings. The smallest absolute Gasteiger partial charge is 0.0774 e. The molecule has 1 aliphatic rings. The highest BCUT2D eigenvalue weighted by molar-refractivity contribution is 5.08. The maximum atomic E-state index is 10.5. The van der Waals surface area contributed by atoms with Gasteiger partial charge in [-0.1, -0.05) is 25.8 Å². The zero-order valence-electron chi connectivity index (χ0n) is 11.2. The number of nitrogens with one attached hydrogen (secondary N) is 1. The van der Waals surface area contributed by atoms with Gasteiger partial charge in [-0.3, -0.25) is 4.98 Å². The summed E-state index contributed by atoms with van der Waals surface area (Å²) in [6, 6.07) is 4.05. The van der Waals surface area contributed by atoms with Gasteiger partial charge >= 0.3 is 0 Å². The SMILES string of the molecule is CC1CCCC(O)(CNCCc2cccnc2)C1. The van der Waals surface area contributed by atoms with Crippen LogP contribution in [0.4, 0.5) is 0 Å². The molecule has 0 aliphatic heterocycles. The molecular formula is C15H24N2O. The number of hydrogen-bond donors (Lipinski definition) is 2. The van der Waals surface area contributed by atoms with Crippen LogP contribution in [0.1, 0.15) is 38.2 Å². The molecule has 1 aromatic heterocycles. The number of nitrogens with zero attached hydrogens (tertiary/aromatic N) is 1. The summed E-state index contributed by atoms with van der Waals surface area (Å²) in [6.07, 6.45) is 8.96. The highest BCUT2D eigenvalue weighted by atomic mass is 16.3. The van der Waals surface area contributed by atoms with E-state index in [9.17, 15) is 5.11 Å². The molecule has 0 saturated heterocycles. The molecule has 2 rings (SSSR count). The van der Waals surface area contributed by atoms with Crippen LogP contribution in [-0.4, -0.2) is 28.8 Å². The summed E-state index contributed by atoms with van der Waals surface area (Å²) in [4.78, 5) is 4.10. The van der Waals surface area contributed by atoms with Gasteiger partial charge in [0.2, 0.25) is 0 Å². The van der Waals surface area contributed by atoms with Crippen LogP contribution < -0.4 is 5.32 Å². The van der Waals surface area contributed by atoms with Gasteiger partial charge < -0.3 is 10.4 Å². The minimum Gasteiger partial charge on any atom is -0.389 e. The van der Waals surface area contributed by atoms with Crippen molar-refractivity contribution in [2.75, 3.05) is 13.1 Å². The Hall–Kier alpha value is -0.930. The fraction of sp³-hybridized carbons (Fsp3) is 0.667. The summed E-state index contributed by atoms with van der Waals surface area (Å²) in [5.74, 6) is 0.656. The molecule has 0 bridgehead atoms. The number of aliphatic hydroxyl groups is 1. The van der Waals surface area contributed by atoms with E-state index in [0.717, 1.165) is 38.8 Å². The van der Waals surface area contributed by atoms with E-state index in [1.807, 2.05) is 12.3 Å². The molecule has 18 heavy (non-hydrogen) atoms. The van der Waals surface area contributed by atoms with Crippen molar-refractivity contribution < 1.29 is 5.11 Å². The van der Waals surface area contributed by atoms with E-state index >= 15 is 0 Å². The van der Waals surface area contributed by atoms with E-state index in [0.29, 0.717) is 5.92 Å².